The highest BCUT2D eigenvalue weighted by Gasteiger charge is 2.18. The summed E-state index contributed by atoms with van der Waals surface area (Å²) in [5.74, 6) is 0.408. The standard InChI is InChI=1S/C21H18N2/c1-17(18-11-5-2-6-12-18)23(20-15-9-4-10-16-20)21(22)19-13-7-3-8-14-19/h2-16,22H,1H2. The second kappa shape index (κ2) is 6.75. The number of hydrogen-bond acceptors (Lipinski definition) is 1. The molecule has 0 spiro atoms. The molecular formula is C21H18N2. The van der Waals surface area contributed by atoms with Crippen LogP contribution in [0.1, 0.15) is 11.1 Å². The van der Waals surface area contributed by atoms with Gasteiger partial charge < -0.3 is 0 Å². The van der Waals surface area contributed by atoms with Gasteiger partial charge in [-0.05, 0) is 17.7 Å². The molecule has 112 valence electrons. The first-order valence-corrected chi connectivity index (χ1v) is 7.51. The molecule has 0 heterocycles. The number of rotatable bonds is 4. The summed E-state index contributed by atoms with van der Waals surface area (Å²) in [4.78, 5) is 1.88. The Bertz CT molecular complexity index is 742. The molecule has 0 aliphatic heterocycles. The number of benzene rings is 3. The molecule has 0 unspecified atom stereocenters. The molecule has 0 radical (unpaired) electrons. The zero-order valence-electron chi connectivity index (χ0n) is 12.8. The number of hydrogen-bond donors (Lipinski definition) is 1. The van der Waals surface area contributed by atoms with E-state index in [1.807, 2.05) is 95.9 Å². The van der Waals surface area contributed by atoms with Crippen LogP contribution in [0, 0.1) is 5.41 Å². The van der Waals surface area contributed by atoms with Gasteiger partial charge in [-0.15, -0.1) is 0 Å². The highest BCUT2D eigenvalue weighted by Crippen LogP contribution is 2.26. The maximum atomic E-state index is 8.67. The maximum absolute atomic E-state index is 8.67. The lowest BCUT2D eigenvalue weighted by atomic mass is 10.1. The zero-order chi connectivity index (χ0) is 16.1. The van der Waals surface area contributed by atoms with Gasteiger partial charge in [-0.25, -0.2) is 0 Å². The lowest BCUT2D eigenvalue weighted by Gasteiger charge is -2.27. The number of anilines is 1. The minimum absolute atomic E-state index is 0.408. The van der Waals surface area contributed by atoms with Crippen molar-refractivity contribution >= 4 is 17.2 Å². The van der Waals surface area contributed by atoms with Crippen molar-refractivity contribution in [2.75, 3.05) is 4.90 Å². The van der Waals surface area contributed by atoms with E-state index in [9.17, 15) is 0 Å². The smallest absolute Gasteiger partial charge is 0.137 e. The van der Waals surface area contributed by atoms with E-state index in [1.54, 1.807) is 0 Å². The summed E-state index contributed by atoms with van der Waals surface area (Å²) in [6.07, 6.45) is 0. The van der Waals surface area contributed by atoms with E-state index < -0.39 is 0 Å². The summed E-state index contributed by atoms with van der Waals surface area (Å²) in [5, 5.41) is 8.67. The average molecular weight is 298 g/mol. The summed E-state index contributed by atoms with van der Waals surface area (Å²) in [5.41, 5.74) is 3.56. The van der Waals surface area contributed by atoms with Gasteiger partial charge >= 0.3 is 0 Å². The van der Waals surface area contributed by atoms with E-state index in [4.69, 9.17) is 5.41 Å². The fourth-order valence-corrected chi connectivity index (χ4v) is 2.48. The third-order valence-electron chi connectivity index (χ3n) is 3.66. The summed E-state index contributed by atoms with van der Waals surface area (Å²) in [7, 11) is 0. The van der Waals surface area contributed by atoms with Crippen molar-refractivity contribution < 1.29 is 0 Å². The van der Waals surface area contributed by atoms with Crippen LogP contribution in [0.4, 0.5) is 5.69 Å². The molecule has 0 aliphatic rings. The highest BCUT2D eigenvalue weighted by atomic mass is 15.2. The molecule has 3 rings (SSSR count). The molecule has 0 atom stereocenters. The molecule has 0 saturated carbocycles. The lowest BCUT2D eigenvalue weighted by molar-refractivity contribution is 1.29. The zero-order valence-corrected chi connectivity index (χ0v) is 12.8. The Kier molecular flexibility index (Phi) is 4.34. The monoisotopic (exact) mass is 298 g/mol. The minimum Gasteiger partial charge on any atom is -0.295 e. The Hall–Kier alpha value is -3.13. The van der Waals surface area contributed by atoms with Crippen molar-refractivity contribution in [3.63, 3.8) is 0 Å². The van der Waals surface area contributed by atoms with Crippen molar-refractivity contribution in [1.82, 2.24) is 0 Å². The summed E-state index contributed by atoms with van der Waals surface area (Å²) in [6, 6.07) is 29.6. The van der Waals surface area contributed by atoms with Crippen molar-refractivity contribution in [2.24, 2.45) is 0 Å². The van der Waals surface area contributed by atoms with E-state index in [-0.39, 0.29) is 0 Å². The summed E-state index contributed by atoms with van der Waals surface area (Å²) in [6.45, 7) is 4.23. The highest BCUT2D eigenvalue weighted by molar-refractivity contribution is 6.15. The molecule has 3 aromatic rings. The molecule has 0 amide bonds. The predicted molar refractivity (Wildman–Crippen MR) is 97.7 cm³/mol. The Morgan fingerprint density at radius 3 is 1.61 bits per heavy atom. The molecule has 2 heteroatoms. The Morgan fingerprint density at radius 2 is 1.09 bits per heavy atom. The van der Waals surface area contributed by atoms with Crippen LogP contribution in [0.15, 0.2) is 97.6 Å². The molecule has 0 fully saturated rings. The molecular weight excluding hydrogens is 280 g/mol. The van der Waals surface area contributed by atoms with Crippen molar-refractivity contribution in [2.45, 2.75) is 0 Å². The molecule has 0 bridgehead atoms. The van der Waals surface area contributed by atoms with E-state index >= 15 is 0 Å². The fourth-order valence-electron chi connectivity index (χ4n) is 2.48. The fraction of sp³-hybridized carbons (Fsp3) is 0. The van der Waals surface area contributed by atoms with Crippen molar-refractivity contribution in [3.05, 3.63) is 109 Å². The molecule has 23 heavy (non-hydrogen) atoms. The van der Waals surface area contributed by atoms with Crippen LogP contribution in [0.2, 0.25) is 0 Å². The van der Waals surface area contributed by atoms with Gasteiger partial charge in [0.05, 0.1) is 0 Å². The van der Waals surface area contributed by atoms with Gasteiger partial charge in [0.25, 0.3) is 0 Å². The minimum atomic E-state index is 0.408. The number of nitrogens with one attached hydrogen (secondary N) is 1. The Balaban J connectivity index is 2.05. The van der Waals surface area contributed by atoms with Crippen LogP contribution in [-0.2, 0) is 0 Å². The van der Waals surface area contributed by atoms with E-state index in [2.05, 4.69) is 6.58 Å². The van der Waals surface area contributed by atoms with Crippen molar-refractivity contribution in [1.29, 1.82) is 5.41 Å². The third kappa shape index (κ3) is 3.22. The summed E-state index contributed by atoms with van der Waals surface area (Å²) < 4.78 is 0. The van der Waals surface area contributed by atoms with Gasteiger partial charge in [0, 0.05) is 16.9 Å². The topological polar surface area (TPSA) is 27.1 Å². The van der Waals surface area contributed by atoms with Crippen LogP contribution in [0.5, 0.6) is 0 Å². The second-order valence-electron chi connectivity index (χ2n) is 5.20. The first kappa shape index (κ1) is 14.8. The molecule has 1 N–H and O–H groups in total. The van der Waals surface area contributed by atoms with Crippen LogP contribution in [0.25, 0.3) is 5.70 Å². The number of nitrogens with zero attached hydrogens (tertiary/aromatic N) is 1. The number of amidine groups is 1. The normalized spacial score (nSPS) is 10.1. The lowest BCUT2D eigenvalue weighted by Crippen LogP contribution is -2.29. The first-order chi connectivity index (χ1) is 11.3. The van der Waals surface area contributed by atoms with E-state index in [0.717, 1.165) is 22.5 Å². The third-order valence-corrected chi connectivity index (χ3v) is 3.66. The molecule has 0 saturated heterocycles. The molecule has 0 aliphatic carbocycles. The van der Waals surface area contributed by atoms with Gasteiger partial charge in [0.1, 0.15) is 5.84 Å². The predicted octanol–water partition coefficient (Wildman–Crippen LogP) is 5.19. The van der Waals surface area contributed by atoms with Gasteiger partial charge in [0.15, 0.2) is 0 Å². The average Bonchev–Trinajstić information content (AvgIpc) is 2.64. The Labute approximate surface area is 136 Å². The van der Waals surface area contributed by atoms with E-state index in [1.165, 1.54) is 0 Å². The molecule has 0 aromatic heterocycles. The molecule has 2 nitrogen and oxygen atoms in total. The van der Waals surface area contributed by atoms with Crippen LogP contribution in [-0.4, -0.2) is 5.84 Å². The quantitative estimate of drug-likeness (QED) is 0.521. The maximum Gasteiger partial charge on any atom is 0.137 e. The number of para-hydroxylation sites is 1. The van der Waals surface area contributed by atoms with Crippen LogP contribution < -0.4 is 4.90 Å². The van der Waals surface area contributed by atoms with Gasteiger partial charge in [0.2, 0.25) is 0 Å². The van der Waals surface area contributed by atoms with Gasteiger partial charge in [-0.3, -0.25) is 10.3 Å². The van der Waals surface area contributed by atoms with Crippen LogP contribution in [0.3, 0.4) is 0 Å². The van der Waals surface area contributed by atoms with Gasteiger partial charge in [-0.2, -0.15) is 0 Å². The SMILES string of the molecule is C=C(c1ccccc1)N(C(=N)c1ccccc1)c1ccccc1. The largest absolute Gasteiger partial charge is 0.295 e. The van der Waals surface area contributed by atoms with Crippen LogP contribution >= 0.6 is 0 Å². The van der Waals surface area contributed by atoms with Crippen molar-refractivity contribution in [3.8, 4) is 0 Å². The van der Waals surface area contributed by atoms with Gasteiger partial charge in [-0.1, -0.05) is 85.4 Å². The summed E-state index contributed by atoms with van der Waals surface area (Å²) >= 11 is 0. The second-order valence-corrected chi connectivity index (χ2v) is 5.20. The molecule has 3 aromatic carbocycles. The Morgan fingerprint density at radius 1 is 0.652 bits per heavy atom. The van der Waals surface area contributed by atoms with E-state index in [0.29, 0.717) is 5.84 Å². The first-order valence-electron chi connectivity index (χ1n) is 7.51.